The predicted octanol–water partition coefficient (Wildman–Crippen LogP) is 3.51. The molecule has 0 bridgehead atoms. The first-order valence-electron chi connectivity index (χ1n) is 3.85. The molecule has 66 valence electrons. The third-order valence-electron chi connectivity index (χ3n) is 1.75. The highest BCUT2D eigenvalue weighted by Crippen LogP contribution is 2.23. The van der Waals surface area contributed by atoms with Gasteiger partial charge in [0.15, 0.2) is 0 Å². The maximum absolute atomic E-state index is 5.87. The highest BCUT2D eigenvalue weighted by Gasteiger charge is 2.04. The van der Waals surface area contributed by atoms with E-state index < -0.39 is 0 Å². The van der Waals surface area contributed by atoms with Gasteiger partial charge in [-0.1, -0.05) is 34.5 Å². The van der Waals surface area contributed by atoms with Gasteiger partial charge < -0.3 is 5.73 Å². The van der Waals surface area contributed by atoms with Gasteiger partial charge in [-0.25, -0.2) is 0 Å². The maximum Gasteiger partial charge on any atom is 0.0420 e. The fourth-order valence-electron chi connectivity index (χ4n) is 1.02. The number of rotatable bonds is 2. The van der Waals surface area contributed by atoms with Crippen molar-refractivity contribution >= 4 is 27.5 Å². The lowest BCUT2D eigenvalue weighted by molar-refractivity contribution is 0.698. The van der Waals surface area contributed by atoms with Crippen LogP contribution in [0.1, 0.15) is 24.9 Å². The van der Waals surface area contributed by atoms with Crippen LogP contribution in [0.5, 0.6) is 0 Å². The van der Waals surface area contributed by atoms with Crippen LogP contribution in [0.25, 0.3) is 0 Å². The Morgan fingerprint density at radius 1 is 1.50 bits per heavy atom. The second kappa shape index (κ2) is 4.26. The highest BCUT2D eigenvalue weighted by atomic mass is 79.9. The molecular weight excluding hydrogens is 237 g/mol. The maximum atomic E-state index is 5.87. The van der Waals surface area contributed by atoms with Crippen LogP contribution in [0.2, 0.25) is 5.02 Å². The molecule has 1 unspecified atom stereocenters. The number of halogens is 2. The van der Waals surface area contributed by atoms with Gasteiger partial charge in [-0.05, 0) is 30.2 Å². The van der Waals surface area contributed by atoms with Gasteiger partial charge in [0.1, 0.15) is 0 Å². The number of nitrogens with two attached hydrogens (primary N) is 1. The van der Waals surface area contributed by atoms with E-state index in [0.29, 0.717) is 0 Å². The summed E-state index contributed by atoms with van der Waals surface area (Å²) in [5.41, 5.74) is 6.93. The normalized spacial score (nSPS) is 13.0. The summed E-state index contributed by atoms with van der Waals surface area (Å²) >= 11 is 9.24. The first-order chi connectivity index (χ1) is 5.63. The smallest absolute Gasteiger partial charge is 0.0420 e. The Morgan fingerprint density at radius 3 is 2.67 bits per heavy atom. The van der Waals surface area contributed by atoms with Crippen molar-refractivity contribution < 1.29 is 0 Å². The molecule has 0 radical (unpaired) electrons. The van der Waals surface area contributed by atoms with Crippen molar-refractivity contribution in [2.24, 2.45) is 5.73 Å². The van der Waals surface area contributed by atoms with Crippen LogP contribution in [0.4, 0.5) is 0 Å². The summed E-state index contributed by atoms with van der Waals surface area (Å²) < 4.78 is 0.980. The van der Waals surface area contributed by atoms with E-state index in [1.54, 1.807) is 0 Å². The molecule has 0 aliphatic carbocycles. The molecule has 0 saturated carbocycles. The quantitative estimate of drug-likeness (QED) is 0.851. The monoisotopic (exact) mass is 247 g/mol. The molecule has 1 aromatic rings. The van der Waals surface area contributed by atoms with Gasteiger partial charge in [0.25, 0.3) is 0 Å². The second-order valence-electron chi connectivity index (χ2n) is 2.72. The van der Waals surface area contributed by atoms with Gasteiger partial charge in [0.05, 0.1) is 0 Å². The molecule has 1 aromatic carbocycles. The molecule has 12 heavy (non-hydrogen) atoms. The van der Waals surface area contributed by atoms with Crippen LogP contribution in [0, 0.1) is 0 Å². The van der Waals surface area contributed by atoms with Crippen molar-refractivity contribution in [2.75, 3.05) is 0 Å². The van der Waals surface area contributed by atoms with E-state index >= 15 is 0 Å². The number of hydrogen-bond donors (Lipinski definition) is 1. The average molecular weight is 249 g/mol. The van der Waals surface area contributed by atoms with Crippen molar-refractivity contribution in [3.8, 4) is 0 Å². The number of benzene rings is 1. The summed E-state index contributed by atoms with van der Waals surface area (Å²) in [6, 6.07) is 5.84. The molecule has 0 aliphatic heterocycles. The minimum atomic E-state index is 0.0833. The van der Waals surface area contributed by atoms with Crippen LogP contribution < -0.4 is 5.73 Å². The Labute approximate surface area is 86.0 Å². The minimum absolute atomic E-state index is 0.0833. The molecule has 0 aliphatic rings. The Kier molecular flexibility index (Phi) is 3.56. The summed E-state index contributed by atoms with van der Waals surface area (Å²) in [6.45, 7) is 2.06. The van der Waals surface area contributed by atoms with Crippen LogP contribution in [0.3, 0.4) is 0 Å². The van der Waals surface area contributed by atoms with Crippen molar-refractivity contribution in [3.63, 3.8) is 0 Å². The van der Waals surface area contributed by atoms with Gasteiger partial charge in [-0.15, -0.1) is 0 Å². The first kappa shape index (κ1) is 10.0. The zero-order valence-corrected chi connectivity index (χ0v) is 9.19. The summed E-state index contributed by atoms with van der Waals surface area (Å²) in [4.78, 5) is 0. The average Bonchev–Trinajstić information content (AvgIpc) is 2.01. The van der Waals surface area contributed by atoms with E-state index in [1.165, 1.54) is 0 Å². The third-order valence-corrected chi connectivity index (χ3v) is 2.43. The minimum Gasteiger partial charge on any atom is -0.324 e. The van der Waals surface area contributed by atoms with Crippen molar-refractivity contribution in [2.45, 2.75) is 19.4 Å². The molecule has 2 N–H and O–H groups in total. The number of hydrogen-bond acceptors (Lipinski definition) is 1. The van der Waals surface area contributed by atoms with E-state index in [1.807, 2.05) is 18.2 Å². The predicted molar refractivity (Wildman–Crippen MR) is 56.4 cm³/mol. The van der Waals surface area contributed by atoms with Gasteiger partial charge in [0, 0.05) is 15.5 Å². The van der Waals surface area contributed by atoms with Crippen molar-refractivity contribution in [1.29, 1.82) is 0 Å². The van der Waals surface area contributed by atoms with Gasteiger partial charge in [0.2, 0.25) is 0 Å². The highest BCUT2D eigenvalue weighted by molar-refractivity contribution is 9.10. The molecule has 0 fully saturated rings. The fraction of sp³-hybridized carbons (Fsp3) is 0.333. The third kappa shape index (κ3) is 2.47. The van der Waals surface area contributed by atoms with Crippen LogP contribution in [-0.4, -0.2) is 0 Å². The molecule has 1 nitrogen and oxygen atoms in total. The molecule has 1 atom stereocenters. The second-order valence-corrected chi connectivity index (χ2v) is 4.07. The molecule has 0 amide bonds. The Bertz CT molecular complexity index is 255. The molecule has 0 heterocycles. The van der Waals surface area contributed by atoms with Crippen molar-refractivity contribution in [1.82, 2.24) is 0 Å². The van der Waals surface area contributed by atoms with Gasteiger partial charge in [-0.3, -0.25) is 0 Å². The lowest BCUT2D eigenvalue weighted by atomic mass is 10.1. The van der Waals surface area contributed by atoms with E-state index in [2.05, 4.69) is 22.9 Å². The summed E-state index contributed by atoms with van der Waals surface area (Å²) in [7, 11) is 0. The van der Waals surface area contributed by atoms with Crippen LogP contribution >= 0.6 is 27.5 Å². The zero-order valence-electron chi connectivity index (χ0n) is 6.85. The fourth-order valence-corrected chi connectivity index (χ4v) is 1.91. The van der Waals surface area contributed by atoms with Crippen molar-refractivity contribution in [3.05, 3.63) is 33.3 Å². The standard InChI is InChI=1S/C9H11BrClN/c1-2-9(12)6-3-7(10)5-8(11)4-6/h3-5,9H,2,12H2,1H3. The zero-order chi connectivity index (χ0) is 9.14. The Balaban J connectivity index is 3.00. The van der Waals surface area contributed by atoms with E-state index in [4.69, 9.17) is 17.3 Å². The molecule has 0 spiro atoms. The van der Waals surface area contributed by atoms with Gasteiger partial charge in [-0.2, -0.15) is 0 Å². The lowest BCUT2D eigenvalue weighted by Gasteiger charge is -2.09. The lowest BCUT2D eigenvalue weighted by Crippen LogP contribution is -2.08. The largest absolute Gasteiger partial charge is 0.324 e. The molecular formula is C9H11BrClN. The SMILES string of the molecule is CCC(N)c1cc(Cl)cc(Br)c1. The molecule has 1 rings (SSSR count). The van der Waals surface area contributed by atoms with E-state index in [-0.39, 0.29) is 6.04 Å². The molecule has 0 aromatic heterocycles. The Hall–Kier alpha value is -0.0500. The first-order valence-corrected chi connectivity index (χ1v) is 5.02. The van der Waals surface area contributed by atoms with Crippen LogP contribution in [-0.2, 0) is 0 Å². The van der Waals surface area contributed by atoms with E-state index in [9.17, 15) is 0 Å². The summed E-state index contributed by atoms with van der Waals surface area (Å²) in [6.07, 6.45) is 0.923. The summed E-state index contributed by atoms with van der Waals surface area (Å²) in [5.74, 6) is 0. The molecule has 3 heteroatoms. The van der Waals surface area contributed by atoms with Gasteiger partial charge >= 0.3 is 0 Å². The topological polar surface area (TPSA) is 26.0 Å². The Morgan fingerprint density at radius 2 is 2.17 bits per heavy atom. The summed E-state index contributed by atoms with van der Waals surface area (Å²) in [5, 5.41) is 0.725. The molecule has 0 saturated heterocycles. The van der Waals surface area contributed by atoms with Crippen LogP contribution in [0.15, 0.2) is 22.7 Å². The van der Waals surface area contributed by atoms with E-state index in [0.717, 1.165) is 21.5 Å².